The van der Waals surface area contributed by atoms with Crippen LogP contribution >= 0.6 is 0 Å². The fourth-order valence-corrected chi connectivity index (χ4v) is 2.99. The molecule has 1 saturated heterocycles. The molecule has 1 aliphatic rings. The largest absolute Gasteiger partial charge is 0.497 e. The van der Waals surface area contributed by atoms with Gasteiger partial charge in [0.15, 0.2) is 0 Å². The molecule has 1 aromatic heterocycles. The SMILES string of the molecule is COc1ccc(C(=O)N2CCCC2C(=O)Nc2cccc(OC)n2)cc1. The van der Waals surface area contributed by atoms with Crippen LogP contribution in [0.15, 0.2) is 42.5 Å². The number of hydrogen-bond acceptors (Lipinski definition) is 5. The number of rotatable bonds is 5. The molecule has 26 heavy (non-hydrogen) atoms. The highest BCUT2D eigenvalue weighted by Crippen LogP contribution is 2.23. The first-order chi connectivity index (χ1) is 12.6. The number of amides is 2. The molecule has 2 amide bonds. The second-order valence-corrected chi connectivity index (χ2v) is 5.94. The van der Waals surface area contributed by atoms with Crippen molar-refractivity contribution in [1.82, 2.24) is 9.88 Å². The summed E-state index contributed by atoms with van der Waals surface area (Å²) in [5.74, 6) is 1.09. The lowest BCUT2D eigenvalue weighted by Gasteiger charge is -2.24. The Morgan fingerprint density at radius 3 is 2.58 bits per heavy atom. The van der Waals surface area contributed by atoms with Gasteiger partial charge >= 0.3 is 0 Å². The van der Waals surface area contributed by atoms with Crippen molar-refractivity contribution >= 4 is 17.6 Å². The van der Waals surface area contributed by atoms with E-state index in [1.54, 1.807) is 54.5 Å². The van der Waals surface area contributed by atoms with Gasteiger partial charge in [0.1, 0.15) is 17.6 Å². The highest BCUT2D eigenvalue weighted by Gasteiger charge is 2.34. The molecule has 1 N–H and O–H groups in total. The fourth-order valence-electron chi connectivity index (χ4n) is 2.99. The summed E-state index contributed by atoms with van der Waals surface area (Å²) in [6.07, 6.45) is 1.41. The number of carbonyl (C=O) groups is 2. The standard InChI is InChI=1S/C19H21N3O4/c1-25-14-10-8-13(9-11-14)19(24)22-12-4-5-15(22)18(23)21-16-6-3-7-17(20-16)26-2/h3,6-11,15H,4-5,12H2,1-2H3,(H,20,21,23). The van der Waals surface area contributed by atoms with Crippen molar-refractivity contribution in [3.63, 3.8) is 0 Å². The lowest BCUT2D eigenvalue weighted by Crippen LogP contribution is -2.43. The van der Waals surface area contributed by atoms with Gasteiger partial charge < -0.3 is 19.7 Å². The summed E-state index contributed by atoms with van der Waals surface area (Å²) in [4.78, 5) is 31.2. The number of benzene rings is 1. The second-order valence-electron chi connectivity index (χ2n) is 5.94. The zero-order chi connectivity index (χ0) is 18.5. The van der Waals surface area contributed by atoms with Crippen LogP contribution in [0.2, 0.25) is 0 Å². The Hall–Kier alpha value is -3.09. The predicted octanol–water partition coefficient (Wildman–Crippen LogP) is 2.34. The van der Waals surface area contributed by atoms with E-state index in [4.69, 9.17) is 9.47 Å². The van der Waals surface area contributed by atoms with Crippen LogP contribution in [0, 0.1) is 0 Å². The minimum atomic E-state index is -0.516. The molecule has 7 heteroatoms. The van der Waals surface area contributed by atoms with E-state index in [0.717, 1.165) is 6.42 Å². The minimum absolute atomic E-state index is 0.163. The molecule has 0 aliphatic carbocycles. The molecule has 1 fully saturated rings. The average molecular weight is 355 g/mol. The number of carbonyl (C=O) groups excluding carboxylic acids is 2. The highest BCUT2D eigenvalue weighted by molar-refractivity contribution is 6.01. The smallest absolute Gasteiger partial charge is 0.254 e. The number of hydrogen-bond donors (Lipinski definition) is 1. The van der Waals surface area contributed by atoms with E-state index in [9.17, 15) is 9.59 Å². The maximum absolute atomic E-state index is 12.8. The lowest BCUT2D eigenvalue weighted by molar-refractivity contribution is -0.119. The van der Waals surface area contributed by atoms with Gasteiger partial charge in [0.2, 0.25) is 11.8 Å². The Balaban J connectivity index is 1.71. The maximum atomic E-state index is 12.8. The van der Waals surface area contributed by atoms with E-state index in [1.807, 2.05) is 0 Å². The third-order valence-corrected chi connectivity index (χ3v) is 4.34. The number of pyridine rings is 1. The first-order valence-electron chi connectivity index (χ1n) is 8.39. The topological polar surface area (TPSA) is 80.8 Å². The maximum Gasteiger partial charge on any atom is 0.254 e. The monoisotopic (exact) mass is 355 g/mol. The van der Waals surface area contributed by atoms with E-state index in [2.05, 4.69) is 10.3 Å². The Morgan fingerprint density at radius 1 is 1.12 bits per heavy atom. The van der Waals surface area contributed by atoms with E-state index in [0.29, 0.717) is 36.0 Å². The van der Waals surface area contributed by atoms with Crippen molar-refractivity contribution in [3.05, 3.63) is 48.0 Å². The number of anilines is 1. The first-order valence-corrected chi connectivity index (χ1v) is 8.39. The quantitative estimate of drug-likeness (QED) is 0.890. The van der Waals surface area contributed by atoms with Gasteiger partial charge in [0, 0.05) is 18.2 Å². The number of ether oxygens (including phenoxy) is 2. The Morgan fingerprint density at radius 2 is 1.88 bits per heavy atom. The third-order valence-electron chi connectivity index (χ3n) is 4.34. The summed E-state index contributed by atoms with van der Waals surface area (Å²) in [5.41, 5.74) is 0.532. The average Bonchev–Trinajstić information content (AvgIpc) is 3.17. The molecular weight excluding hydrogens is 334 g/mol. The predicted molar refractivity (Wildman–Crippen MR) is 96.5 cm³/mol. The van der Waals surface area contributed by atoms with Crippen LogP contribution in [0.1, 0.15) is 23.2 Å². The molecule has 2 heterocycles. The van der Waals surface area contributed by atoms with E-state index < -0.39 is 6.04 Å². The van der Waals surface area contributed by atoms with Gasteiger partial charge in [-0.2, -0.15) is 4.98 Å². The van der Waals surface area contributed by atoms with Crippen molar-refractivity contribution in [2.75, 3.05) is 26.1 Å². The summed E-state index contributed by atoms with van der Waals surface area (Å²) in [6, 6.07) is 11.5. The number of nitrogens with zero attached hydrogens (tertiary/aromatic N) is 2. The summed E-state index contributed by atoms with van der Waals surface area (Å²) >= 11 is 0. The third kappa shape index (κ3) is 3.77. The summed E-state index contributed by atoms with van der Waals surface area (Å²) < 4.78 is 10.2. The molecule has 2 aromatic rings. The molecule has 1 aliphatic heterocycles. The van der Waals surface area contributed by atoms with Crippen LogP contribution in [0.3, 0.4) is 0 Å². The minimum Gasteiger partial charge on any atom is -0.497 e. The lowest BCUT2D eigenvalue weighted by atomic mass is 10.1. The first kappa shape index (κ1) is 17.7. The van der Waals surface area contributed by atoms with Crippen molar-refractivity contribution in [3.8, 4) is 11.6 Å². The molecule has 0 radical (unpaired) electrons. The Bertz CT molecular complexity index is 792. The molecule has 7 nitrogen and oxygen atoms in total. The summed E-state index contributed by atoms with van der Waals surface area (Å²) in [6.45, 7) is 0.550. The van der Waals surface area contributed by atoms with Crippen LogP contribution in [-0.4, -0.2) is 48.5 Å². The van der Waals surface area contributed by atoms with Gasteiger partial charge in [0.05, 0.1) is 14.2 Å². The van der Waals surface area contributed by atoms with Crippen LogP contribution < -0.4 is 14.8 Å². The Kier molecular flexibility index (Phi) is 5.36. The highest BCUT2D eigenvalue weighted by atomic mass is 16.5. The van der Waals surface area contributed by atoms with Crippen LogP contribution in [0.4, 0.5) is 5.82 Å². The van der Waals surface area contributed by atoms with E-state index in [1.165, 1.54) is 7.11 Å². The second kappa shape index (κ2) is 7.86. The van der Waals surface area contributed by atoms with Gasteiger partial charge in [-0.15, -0.1) is 0 Å². The van der Waals surface area contributed by atoms with Crippen molar-refractivity contribution in [1.29, 1.82) is 0 Å². The van der Waals surface area contributed by atoms with Gasteiger partial charge in [0.25, 0.3) is 5.91 Å². The molecule has 1 atom stereocenters. The zero-order valence-corrected chi connectivity index (χ0v) is 14.8. The molecule has 1 unspecified atom stereocenters. The number of aromatic nitrogens is 1. The molecule has 1 aromatic carbocycles. The molecule has 0 saturated carbocycles. The number of nitrogens with one attached hydrogen (secondary N) is 1. The zero-order valence-electron chi connectivity index (χ0n) is 14.8. The molecule has 136 valence electrons. The normalized spacial score (nSPS) is 16.2. The van der Waals surface area contributed by atoms with Gasteiger partial charge in [-0.3, -0.25) is 9.59 Å². The number of methoxy groups -OCH3 is 2. The van der Waals surface area contributed by atoms with Crippen molar-refractivity contribution < 1.29 is 19.1 Å². The van der Waals surface area contributed by atoms with E-state index in [-0.39, 0.29) is 11.8 Å². The molecule has 0 spiro atoms. The number of likely N-dealkylation sites (tertiary alicyclic amines) is 1. The Labute approximate surface area is 151 Å². The van der Waals surface area contributed by atoms with Crippen LogP contribution in [0.5, 0.6) is 11.6 Å². The van der Waals surface area contributed by atoms with Crippen molar-refractivity contribution in [2.45, 2.75) is 18.9 Å². The van der Waals surface area contributed by atoms with Gasteiger partial charge in [-0.25, -0.2) is 0 Å². The van der Waals surface area contributed by atoms with Crippen molar-refractivity contribution in [2.24, 2.45) is 0 Å². The van der Waals surface area contributed by atoms with Crippen LogP contribution in [0.25, 0.3) is 0 Å². The molecular formula is C19H21N3O4. The van der Waals surface area contributed by atoms with Crippen LogP contribution in [-0.2, 0) is 4.79 Å². The van der Waals surface area contributed by atoms with E-state index >= 15 is 0 Å². The van der Waals surface area contributed by atoms with Gasteiger partial charge in [-0.1, -0.05) is 6.07 Å². The summed E-state index contributed by atoms with van der Waals surface area (Å²) in [5, 5.41) is 2.77. The summed E-state index contributed by atoms with van der Waals surface area (Å²) in [7, 11) is 3.09. The van der Waals surface area contributed by atoms with Gasteiger partial charge in [-0.05, 0) is 43.2 Å². The fraction of sp³-hybridized carbons (Fsp3) is 0.316. The molecule has 0 bridgehead atoms. The molecule has 3 rings (SSSR count).